The summed E-state index contributed by atoms with van der Waals surface area (Å²) in [7, 11) is 0. The minimum atomic E-state index is -2.00. The van der Waals surface area contributed by atoms with Crippen molar-refractivity contribution in [3.63, 3.8) is 0 Å². The van der Waals surface area contributed by atoms with Gasteiger partial charge in [-0.2, -0.15) is 0 Å². The van der Waals surface area contributed by atoms with Crippen molar-refractivity contribution < 1.29 is 23.9 Å². The van der Waals surface area contributed by atoms with Crippen LogP contribution < -0.4 is 0 Å². The quantitative estimate of drug-likeness (QED) is 0.575. The molecule has 2 amide bonds. The number of carbonyl (C=O) groups is 2. The third-order valence-electron chi connectivity index (χ3n) is 0.722. The Kier molecular flexibility index (Phi) is 3.00. The summed E-state index contributed by atoms with van der Waals surface area (Å²) in [5.41, 5.74) is -0.906. The van der Waals surface area contributed by atoms with Crippen LogP contribution in [-0.2, 0) is 4.74 Å². The van der Waals surface area contributed by atoms with Gasteiger partial charge in [-0.3, -0.25) is 0 Å². The van der Waals surface area contributed by atoms with E-state index < -0.39 is 22.9 Å². The lowest BCUT2D eigenvalue weighted by atomic mass is 10.2. The molecule has 0 atom stereocenters. The fraction of sp³-hybridized carbons (Fsp3) is 0.667. The summed E-state index contributed by atoms with van der Waals surface area (Å²) in [6.45, 7) is 4.50. The topological polar surface area (TPSA) is 66.8 Å². The Bertz CT molecular complexity index is 198. The molecule has 0 saturated carbocycles. The van der Waals surface area contributed by atoms with E-state index >= 15 is 0 Å². The van der Waals surface area contributed by atoms with Gasteiger partial charge in [0.15, 0.2) is 0 Å². The van der Waals surface area contributed by atoms with Crippen molar-refractivity contribution in [3.05, 3.63) is 0 Å². The standard InChI is InChI=1S/C6H10FNO4/c1-6(2,3)12-5(11)8(7)4(9)10/h1-3H3,(H,9,10). The molecule has 0 bridgehead atoms. The molecular weight excluding hydrogens is 169 g/mol. The van der Waals surface area contributed by atoms with Gasteiger partial charge in [-0.05, 0) is 25.9 Å². The van der Waals surface area contributed by atoms with Gasteiger partial charge in [-0.1, -0.05) is 4.48 Å². The van der Waals surface area contributed by atoms with Crippen LogP contribution in [-0.4, -0.2) is 28.0 Å². The molecular formula is C6H10FNO4. The highest BCUT2D eigenvalue weighted by molar-refractivity contribution is 5.85. The summed E-state index contributed by atoms with van der Waals surface area (Å²) in [5, 5.41) is 6.99. The first-order chi connectivity index (χ1) is 5.24. The van der Waals surface area contributed by atoms with E-state index in [4.69, 9.17) is 5.11 Å². The van der Waals surface area contributed by atoms with E-state index in [2.05, 4.69) is 4.74 Å². The van der Waals surface area contributed by atoms with Crippen LogP contribution >= 0.6 is 0 Å². The molecule has 0 rings (SSSR count). The van der Waals surface area contributed by atoms with Crippen molar-refractivity contribution in [2.24, 2.45) is 0 Å². The van der Waals surface area contributed by atoms with Crippen LogP contribution in [0, 0.1) is 0 Å². The molecule has 12 heavy (non-hydrogen) atoms. The third-order valence-corrected chi connectivity index (χ3v) is 0.722. The number of halogens is 1. The highest BCUT2D eigenvalue weighted by Crippen LogP contribution is 2.09. The van der Waals surface area contributed by atoms with Gasteiger partial charge in [0.25, 0.3) is 0 Å². The normalized spacial score (nSPS) is 10.7. The second-order valence-corrected chi connectivity index (χ2v) is 3.04. The zero-order valence-corrected chi connectivity index (χ0v) is 7.00. The van der Waals surface area contributed by atoms with Crippen LogP contribution in [0.5, 0.6) is 0 Å². The van der Waals surface area contributed by atoms with Crippen LogP contribution in [0.1, 0.15) is 20.8 Å². The maximum Gasteiger partial charge on any atom is 0.449 e. The van der Waals surface area contributed by atoms with E-state index in [0.29, 0.717) is 0 Å². The van der Waals surface area contributed by atoms with Crippen LogP contribution in [0.3, 0.4) is 0 Å². The Morgan fingerprint density at radius 2 is 1.83 bits per heavy atom. The number of ether oxygens (including phenoxy) is 1. The lowest BCUT2D eigenvalue weighted by Gasteiger charge is -2.19. The minimum Gasteiger partial charge on any atom is -0.463 e. The highest BCUT2D eigenvalue weighted by atomic mass is 19.2. The molecule has 5 nitrogen and oxygen atoms in total. The molecule has 0 radical (unpaired) electrons. The summed E-state index contributed by atoms with van der Waals surface area (Å²) in [5.74, 6) is 0. The predicted octanol–water partition coefficient (Wildman–Crippen LogP) is 1.79. The first-order valence-electron chi connectivity index (χ1n) is 3.16. The van der Waals surface area contributed by atoms with E-state index in [-0.39, 0.29) is 0 Å². The number of hydrogen-bond donors (Lipinski definition) is 1. The van der Waals surface area contributed by atoms with Crippen molar-refractivity contribution >= 4 is 12.2 Å². The van der Waals surface area contributed by atoms with Gasteiger partial charge in [0, 0.05) is 0 Å². The fourth-order valence-electron chi connectivity index (χ4n) is 0.380. The van der Waals surface area contributed by atoms with Gasteiger partial charge in [-0.15, -0.1) is 0 Å². The second kappa shape index (κ2) is 3.38. The number of amides is 2. The Balaban J connectivity index is 4.15. The van der Waals surface area contributed by atoms with Gasteiger partial charge in [0.2, 0.25) is 0 Å². The molecule has 1 N–H and O–H groups in total. The van der Waals surface area contributed by atoms with Gasteiger partial charge >= 0.3 is 12.2 Å². The van der Waals surface area contributed by atoms with Gasteiger partial charge in [0.1, 0.15) is 5.60 Å². The summed E-state index contributed by atoms with van der Waals surface area (Å²) >= 11 is 0. The average Bonchev–Trinajstić information content (AvgIpc) is 1.82. The Hall–Kier alpha value is -1.33. The molecule has 0 saturated heterocycles. The number of hydrogen-bond acceptors (Lipinski definition) is 3. The van der Waals surface area contributed by atoms with E-state index in [1.807, 2.05) is 0 Å². The zero-order valence-electron chi connectivity index (χ0n) is 7.00. The van der Waals surface area contributed by atoms with Crippen LogP contribution in [0.4, 0.5) is 14.1 Å². The number of rotatable bonds is 0. The molecule has 0 aromatic rings. The molecule has 0 aliphatic carbocycles. The molecule has 0 aromatic heterocycles. The van der Waals surface area contributed by atoms with Crippen molar-refractivity contribution in [2.45, 2.75) is 26.4 Å². The SMILES string of the molecule is CC(C)(C)OC(=O)N(F)C(=O)O. The van der Waals surface area contributed by atoms with E-state index in [9.17, 15) is 14.1 Å². The molecule has 0 fully saturated rings. The molecule has 6 heteroatoms. The molecule has 0 aromatic carbocycles. The lowest BCUT2D eigenvalue weighted by Crippen LogP contribution is -2.34. The van der Waals surface area contributed by atoms with Crippen LogP contribution in [0.25, 0.3) is 0 Å². The Morgan fingerprint density at radius 1 is 1.42 bits per heavy atom. The van der Waals surface area contributed by atoms with E-state index in [1.54, 1.807) is 0 Å². The second-order valence-electron chi connectivity index (χ2n) is 3.04. The predicted molar refractivity (Wildman–Crippen MR) is 37.2 cm³/mol. The first kappa shape index (κ1) is 10.7. The van der Waals surface area contributed by atoms with Gasteiger partial charge < -0.3 is 9.84 Å². The first-order valence-corrected chi connectivity index (χ1v) is 3.16. The molecule has 0 spiro atoms. The fourth-order valence-corrected chi connectivity index (χ4v) is 0.380. The summed E-state index contributed by atoms with van der Waals surface area (Å²) in [6, 6.07) is 0. The maximum atomic E-state index is 12.2. The molecule has 0 aliphatic heterocycles. The van der Waals surface area contributed by atoms with Gasteiger partial charge in [0.05, 0.1) is 0 Å². The molecule has 0 heterocycles. The number of imide groups is 1. The summed E-state index contributed by atoms with van der Waals surface area (Å²) in [6.07, 6.45) is -3.53. The van der Waals surface area contributed by atoms with E-state index in [0.717, 1.165) is 0 Å². The minimum absolute atomic E-state index is 0.906. The van der Waals surface area contributed by atoms with Crippen molar-refractivity contribution in [1.82, 2.24) is 5.12 Å². The van der Waals surface area contributed by atoms with Crippen LogP contribution in [0.15, 0.2) is 0 Å². The molecule has 0 aliphatic rings. The number of carbonyl (C=O) groups excluding carboxylic acids is 1. The number of nitrogens with zero attached hydrogens (tertiary/aromatic N) is 1. The van der Waals surface area contributed by atoms with Crippen LogP contribution in [0.2, 0.25) is 0 Å². The third kappa shape index (κ3) is 3.75. The van der Waals surface area contributed by atoms with Crippen molar-refractivity contribution in [3.8, 4) is 0 Å². The summed E-state index contributed by atoms with van der Waals surface area (Å²) in [4.78, 5) is 20.4. The smallest absolute Gasteiger partial charge is 0.449 e. The van der Waals surface area contributed by atoms with Crippen molar-refractivity contribution in [2.75, 3.05) is 0 Å². The van der Waals surface area contributed by atoms with Crippen molar-refractivity contribution in [1.29, 1.82) is 0 Å². The van der Waals surface area contributed by atoms with Gasteiger partial charge in [-0.25, -0.2) is 9.59 Å². The van der Waals surface area contributed by atoms with E-state index in [1.165, 1.54) is 20.8 Å². The lowest BCUT2D eigenvalue weighted by molar-refractivity contribution is -0.0204. The largest absolute Gasteiger partial charge is 0.463 e. The Morgan fingerprint density at radius 3 is 2.08 bits per heavy atom. The average molecular weight is 179 g/mol. The Labute approximate surface area is 68.7 Å². The molecule has 0 unspecified atom stereocenters. The maximum absolute atomic E-state index is 12.2. The monoisotopic (exact) mass is 179 g/mol. The number of carboxylic acid groups (broad SMARTS) is 1. The zero-order chi connectivity index (χ0) is 9.94. The molecule has 70 valence electrons. The summed E-state index contributed by atoms with van der Waals surface area (Å²) < 4.78 is 16.6. The highest BCUT2D eigenvalue weighted by Gasteiger charge is 2.26.